The van der Waals surface area contributed by atoms with Gasteiger partial charge in [0.05, 0.1) is 0 Å². The van der Waals surface area contributed by atoms with Gasteiger partial charge in [-0.15, -0.1) is 0 Å². The molecule has 0 saturated carbocycles. The molecule has 2 rings (SSSR count). The van der Waals surface area contributed by atoms with Gasteiger partial charge in [0.2, 0.25) is 0 Å². The normalized spacial score (nSPS) is 10.4. The molecule has 3 nitrogen and oxygen atoms in total. The summed E-state index contributed by atoms with van der Waals surface area (Å²) in [5, 5.41) is 5.45. The largest absolute Gasteiger partial charge is 0.399 e. The first kappa shape index (κ1) is 8.81. The van der Waals surface area contributed by atoms with Gasteiger partial charge < -0.3 is 11.1 Å². The summed E-state index contributed by atoms with van der Waals surface area (Å²) < 4.78 is 0. The quantitative estimate of drug-likeness (QED) is 0.709. The van der Waals surface area contributed by atoms with Crippen molar-refractivity contribution in [3.8, 4) is 0 Å². The number of aromatic nitrogens is 1. The van der Waals surface area contributed by atoms with Crippen molar-refractivity contribution in [3.05, 3.63) is 30.5 Å². The van der Waals surface area contributed by atoms with Gasteiger partial charge in [0.25, 0.3) is 0 Å². The Morgan fingerprint density at radius 2 is 2.21 bits per heavy atom. The second kappa shape index (κ2) is 3.54. The van der Waals surface area contributed by atoms with Crippen molar-refractivity contribution in [2.24, 2.45) is 0 Å². The van der Waals surface area contributed by atoms with Crippen molar-refractivity contribution < 1.29 is 0 Å². The third-order valence-electron chi connectivity index (χ3n) is 2.13. The van der Waals surface area contributed by atoms with E-state index in [0.717, 1.165) is 28.8 Å². The lowest BCUT2D eigenvalue weighted by atomic mass is 10.1. The van der Waals surface area contributed by atoms with Crippen molar-refractivity contribution in [2.45, 2.75) is 6.92 Å². The summed E-state index contributed by atoms with van der Waals surface area (Å²) >= 11 is 0. The summed E-state index contributed by atoms with van der Waals surface area (Å²) in [5.74, 6) is 0.900. The van der Waals surface area contributed by atoms with Crippen LogP contribution in [0.2, 0.25) is 0 Å². The van der Waals surface area contributed by atoms with Gasteiger partial charge >= 0.3 is 0 Å². The molecule has 0 unspecified atom stereocenters. The molecule has 0 aliphatic rings. The second-order valence-electron chi connectivity index (χ2n) is 3.17. The molecule has 14 heavy (non-hydrogen) atoms. The molecule has 72 valence electrons. The van der Waals surface area contributed by atoms with E-state index in [9.17, 15) is 0 Å². The maximum atomic E-state index is 5.73. The third-order valence-corrected chi connectivity index (χ3v) is 2.13. The number of pyridine rings is 1. The minimum absolute atomic E-state index is 0.768. The van der Waals surface area contributed by atoms with Crippen LogP contribution in [-0.4, -0.2) is 11.5 Å². The van der Waals surface area contributed by atoms with Crippen LogP contribution >= 0.6 is 0 Å². The molecule has 1 aromatic heterocycles. The minimum atomic E-state index is 0.768. The van der Waals surface area contributed by atoms with Crippen LogP contribution in [0.25, 0.3) is 10.8 Å². The molecule has 0 amide bonds. The van der Waals surface area contributed by atoms with Crippen molar-refractivity contribution in [1.82, 2.24) is 4.98 Å². The van der Waals surface area contributed by atoms with E-state index >= 15 is 0 Å². The fourth-order valence-corrected chi connectivity index (χ4v) is 1.49. The van der Waals surface area contributed by atoms with Gasteiger partial charge in [0, 0.05) is 23.8 Å². The maximum Gasteiger partial charge on any atom is 0.133 e. The molecule has 3 N–H and O–H groups in total. The highest BCUT2D eigenvalue weighted by atomic mass is 15.0. The molecular formula is C11H13N3. The van der Waals surface area contributed by atoms with Crippen molar-refractivity contribution >= 4 is 22.3 Å². The maximum absolute atomic E-state index is 5.73. The van der Waals surface area contributed by atoms with Crippen LogP contribution in [-0.2, 0) is 0 Å². The van der Waals surface area contributed by atoms with E-state index in [-0.39, 0.29) is 0 Å². The molecule has 0 aliphatic carbocycles. The number of nitrogens with two attached hydrogens (primary N) is 1. The van der Waals surface area contributed by atoms with E-state index in [1.54, 1.807) is 6.20 Å². The van der Waals surface area contributed by atoms with Gasteiger partial charge in [-0.25, -0.2) is 4.98 Å². The zero-order valence-corrected chi connectivity index (χ0v) is 8.12. The van der Waals surface area contributed by atoms with Crippen LogP contribution in [0.1, 0.15) is 6.92 Å². The van der Waals surface area contributed by atoms with E-state index in [1.165, 1.54) is 0 Å². The molecule has 0 aliphatic heterocycles. The molecule has 3 heteroatoms. The smallest absolute Gasteiger partial charge is 0.133 e. The van der Waals surface area contributed by atoms with Crippen LogP contribution in [0.15, 0.2) is 30.5 Å². The molecule has 0 bridgehead atoms. The standard InChI is InChI=1S/C11H13N3/c1-2-13-11-10-7-9(12)4-3-8(10)5-6-14-11/h3-7H,2,12H2,1H3,(H,13,14). The molecule has 0 fully saturated rings. The second-order valence-corrected chi connectivity index (χ2v) is 3.17. The van der Waals surface area contributed by atoms with Crippen LogP contribution in [0, 0.1) is 0 Å². The number of anilines is 2. The highest BCUT2D eigenvalue weighted by Gasteiger charge is 2.00. The molecule has 0 atom stereocenters. The average molecular weight is 187 g/mol. The average Bonchev–Trinajstić information content (AvgIpc) is 2.19. The van der Waals surface area contributed by atoms with Crippen LogP contribution in [0.3, 0.4) is 0 Å². The lowest BCUT2D eigenvalue weighted by Gasteiger charge is -2.06. The van der Waals surface area contributed by atoms with Crippen LogP contribution in [0.5, 0.6) is 0 Å². The Balaban J connectivity index is 2.64. The topological polar surface area (TPSA) is 50.9 Å². The Labute approximate surface area is 83.0 Å². The van der Waals surface area contributed by atoms with Crippen LogP contribution in [0.4, 0.5) is 11.5 Å². The number of nitrogen functional groups attached to an aromatic ring is 1. The monoisotopic (exact) mass is 187 g/mol. The van der Waals surface area contributed by atoms with Gasteiger partial charge in [-0.3, -0.25) is 0 Å². The summed E-state index contributed by atoms with van der Waals surface area (Å²) in [5.41, 5.74) is 6.50. The predicted molar refractivity (Wildman–Crippen MR) is 60.3 cm³/mol. The zero-order chi connectivity index (χ0) is 9.97. The Kier molecular flexibility index (Phi) is 2.23. The van der Waals surface area contributed by atoms with Gasteiger partial charge in [0.15, 0.2) is 0 Å². The molecule has 0 saturated heterocycles. The van der Waals surface area contributed by atoms with Crippen molar-refractivity contribution in [3.63, 3.8) is 0 Å². The number of hydrogen-bond donors (Lipinski definition) is 2. The fraction of sp³-hybridized carbons (Fsp3) is 0.182. The first-order valence-electron chi connectivity index (χ1n) is 4.69. The van der Waals surface area contributed by atoms with Crippen molar-refractivity contribution in [2.75, 3.05) is 17.6 Å². The molecular weight excluding hydrogens is 174 g/mol. The van der Waals surface area contributed by atoms with Crippen molar-refractivity contribution in [1.29, 1.82) is 0 Å². The number of rotatable bonds is 2. The number of fused-ring (bicyclic) bond motifs is 1. The summed E-state index contributed by atoms with van der Waals surface area (Å²) in [6.45, 7) is 2.91. The molecule has 0 radical (unpaired) electrons. The van der Waals surface area contributed by atoms with Gasteiger partial charge in [0.1, 0.15) is 5.82 Å². The summed E-state index contributed by atoms with van der Waals surface area (Å²) in [4.78, 5) is 4.27. The van der Waals surface area contributed by atoms with Gasteiger partial charge in [-0.1, -0.05) is 6.07 Å². The van der Waals surface area contributed by atoms with E-state index < -0.39 is 0 Å². The lowest BCUT2D eigenvalue weighted by molar-refractivity contribution is 1.17. The van der Waals surface area contributed by atoms with Gasteiger partial charge in [-0.2, -0.15) is 0 Å². The highest BCUT2D eigenvalue weighted by Crippen LogP contribution is 2.22. The SMILES string of the molecule is CCNc1nccc2ccc(N)cc12. The van der Waals surface area contributed by atoms with E-state index in [4.69, 9.17) is 5.73 Å². The first-order chi connectivity index (χ1) is 6.81. The lowest BCUT2D eigenvalue weighted by Crippen LogP contribution is -1.99. The Hall–Kier alpha value is -1.77. The highest BCUT2D eigenvalue weighted by molar-refractivity contribution is 5.93. The minimum Gasteiger partial charge on any atom is -0.399 e. The fourth-order valence-electron chi connectivity index (χ4n) is 1.49. The predicted octanol–water partition coefficient (Wildman–Crippen LogP) is 2.25. The Morgan fingerprint density at radius 1 is 1.36 bits per heavy atom. The number of hydrogen-bond acceptors (Lipinski definition) is 3. The Bertz CT molecular complexity index is 451. The Morgan fingerprint density at radius 3 is 3.00 bits per heavy atom. The first-order valence-corrected chi connectivity index (χ1v) is 4.69. The summed E-state index contributed by atoms with van der Waals surface area (Å²) in [7, 11) is 0. The summed E-state index contributed by atoms with van der Waals surface area (Å²) in [6.07, 6.45) is 1.80. The zero-order valence-electron chi connectivity index (χ0n) is 8.12. The molecule has 1 aromatic carbocycles. The molecule has 0 spiro atoms. The third kappa shape index (κ3) is 1.48. The number of nitrogens with zero attached hydrogens (tertiary/aromatic N) is 1. The number of nitrogens with one attached hydrogen (secondary N) is 1. The van der Waals surface area contributed by atoms with Gasteiger partial charge in [-0.05, 0) is 30.5 Å². The van der Waals surface area contributed by atoms with E-state index in [0.29, 0.717) is 0 Å². The van der Waals surface area contributed by atoms with Crippen LogP contribution < -0.4 is 11.1 Å². The molecule has 2 aromatic rings. The van der Waals surface area contributed by atoms with E-state index in [2.05, 4.69) is 10.3 Å². The summed E-state index contributed by atoms with van der Waals surface area (Å²) in [6, 6.07) is 7.83. The van der Waals surface area contributed by atoms with E-state index in [1.807, 2.05) is 31.2 Å². The molecule has 1 heterocycles. The number of benzene rings is 1.